The number of hydrogen-bond acceptors (Lipinski definition) is 4. The van der Waals surface area contributed by atoms with Gasteiger partial charge in [-0.2, -0.15) is 0 Å². The highest BCUT2D eigenvalue weighted by Gasteiger charge is 2.16. The van der Waals surface area contributed by atoms with Gasteiger partial charge in [-0.25, -0.2) is 0 Å². The van der Waals surface area contributed by atoms with Gasteiger partial charge in [0.05, 0.1) is 4.92 Å². The van der Waals surface area contributed by atoms with Gasteiger partial charge in [0, 0.05) is 17.7 Å². The first-order chi connectivity index (χ1) is 9.31. The molecule has 0 spiro atoms. The average molecular weight is 300 g/mol. The number of rotatable bonds is 6. The standard InChI is InChI=1S/C13H18ClN3O3/c1-9(6-7-16(2)3)15-13(18)10-4-5-12(17(19)20)11(14)8-10/h4-5,8-9H,6-7H2,1-3H3,(H,15,18). The highest BCUT2D eigenvalue weighted by atomic mass is 35.5. The van der Waals surface area contributed by atoms with Gasteiger partial charge in [-0.05, 0) is 46.1 Å². The molecule has 0 saturated carbocycles. The van der Waals surface area contributed by atoms with Gasteiger partial charge < -0.3 is 10.2 Å². The summed E-state index contributed by atoms with van der Waals surface area (Å²) in [6.07, 6.45) is 0.819. The van der Waals surface area contributed by atoms with Crippen LogP contribution in [0.2, 0.25) is 5.02 Å². The smallest absolute Gasteiger partial charge is 0.287 e. The topological polar surface area (TPSA) is 75.5 Å². The molecule has 110 valence electrons. The molecule has 0 aromatic heterocycles. The van der Waals surface area contributed by atoms with Crippen LogP contribution in [-0.4, -0.2) is 42.4 Å². The van der Waals surface area contributed by atoms with E-state index in [9.17, 15) is 14.9 Å². The van der Waals surface area contributed by atoms with E-state index in [1.807, 2.05) is 25.9 Å². The molecule has 20 heavy (non-hydrogen) atoms. The van der Waals surface area contributed by atoms with Crippen LogP contribution >= 0.6 is 11.6 Å². The van der Waals surface area contributed by atoms with Crippen LogP contribution in [0, 0.1) is 10.1 Å². The number of benzene rings is 1. The minimum Gasteiger partial charge on any atom is -0.350 e. The normalized spacial score (nSPS) is 12.2. The molecule has 1 N–H and O–H groups in total. The molecule has 0 saturated heterocycles. The Morgan fingerprint density at radius 3 is 2.65 bits per heavy atom. The fourth-order valence-electron chi connectivity index (χ4n) is 1.63. The minimum atomic E-state index is -0.580. The number of nitrogens with zero attached hydrogens (tertiary/aromatic N) is 2. The maximum absolute atomic E-state index is 12.0. The summed E-state index contributed by atoms with van der Waals surface area (Å²) in [7, 11) is 3.93. The van der Waals surface area contributed by atoms with Gasteiger partial charge in [-0.1, -0.05) is 11.6 Å². The zero-order valence-electron chi connectivity index (χ0n) is 11.7. The summed E-state index contributed by atoms with van der Waals surface area (Å²) in [5.41, 5.74) is 0.112. The van der Waals surface area contributed by atoms with Gasteiger partial charge >= 0.3 is 0 Å². The third-order valence-electron chi connectivity index (χ3n) is 2.79. The Kier molecular flexibility index (Phi) is 5.91. The van der Waals surface area contributed by atoms with Crippen LogP contribution in [0.4, 0.5) is 5.69 Å². The second-order valence-corrected chi connectivity index (χ2v) is 5.30. The Morgan fingerprint density at radius 2 is 2.15 bits per heavy atom. The lowest BCUT2D eigenvalue weighted by Gasteiger charge is -2.16. The summed E-state index contributed by atoms with van der Waals surface area (Å²) >= 11 is 5.78. The SMILES string of the molecule is CC(CCN(C)C)NC(=O)c1ccc([N+](=O)[O-])c(Cl)c1. The molecule has 1 aromatic carbocycles. The fraction of sp³-hybridized carbons (Fsp3) is 0.462. The molecule has 1 unspecified atom stereocenters. The molecule has 1 aromatic rings. The molecule has 0 aliphatic heterocycles. The number of amides is 1. The average Bonchev–Trinajstić information content (AvgIpc) is 2.35. The van der Waals surface area contributed by atoms with Gasteiger partial charge in [-0.3, -0.25) is 14.9 Å². The van der Waals surface area contributed by atoms with Crippen LogP contribution < -0.4 is 5.32 Å². The summed E-state index contributed by atoms with van der Waals surface area (Å²) in [6, 6.07) is 3.96. The van der Waals surface area contributed by atoms with Crippen molar-refractivity contribution >= 4 is 23.2 Å². The van der Waals surface area contributed by atoms with E-state index in [1.165, 1.54) is 18.2 Å². The Bertz CT molecular complexity index is 506. The van der Waals surface area contributed by atoms with Gasteiger partial charge in [0.1, 0.15) is 5.02 Å². The summed E-state index contributed by atoms with van der Waals surface area (Å²) in [5, 5.41) is 13.4. The molecule has 1 atom stereocenters. The molecular formula is C13H18ClN3O3. The summed E-state index contributed by atoms with van der Waals surface area (Å²) in [4.78, 5) is 24.1. The number of carbonyl (C=O) groups excluding carboxylic acids is 1. The number of hydrogen-bond donors (Lipinski definition) is 1. The van der Waals surface area contributed by atoms with Crippen molar-refractivity contribution in [1.82, 2.24) is 10.2 Å². The second-order valence-electron chi connectivity index (χ2n) is 4.89. The van der Waals surface area contributed by atoms with Crippen molar-refractivity contribution in [3.05, 3.63) is 38.9 Å². The van der Waals surface area contributed by atoms with E-state index in [4.69, 9.17) is 11.6 Å². The predicted octanol–water partition coefficient (Wildman–Crippen LogP) is 2.32. The monoisotopic (exact) mass is 299 g/mol. The number of halogens is 1. The number of carbonyl (C=O) groups is 1. The van der Waals surface area contributed by atoms with Crippen molar-refractivity contribution in [2.45, 2.75) is 19.4 Å². The van der Waals surface area contributed by atoms with Crippen molar-refractivity contribution in [1.29, 1.82) is 0 Å². The maximum Gasteiger partial charge on any atom is 0.287 e. The van der Waals surface area contributed by atoms with E-state index in [2.05, 4.69) is 5.32 Å². The number of nitro benzene ring substituents is 1. The van der Waals surface area contributed by atoms with Crippen molar-refractivity contribution in [2.75, 3.05) is 20.6 Å². The maximum atomic E-state index is 12.0. The summed E-state index contributed by atoms with van der Waals surface area (Å²) < 4.78 is 0. The molecule has 0 aliphatic rings. The Morgan fingerprint density at radius 1 is 1.50 bits per heavy atom. The fourth-order valence-corrected chi connectivity index (χ4v) is 1.88. The van der Waals surface area contributed by atoms with Crippen LogP contribution in [-0.2, 0) is 0 Å². The first-order valence-electron chi connectivity index (χ1n) is 6.20. The van der Waals surface area contributed by atoms with E-state index < -0.39 is 4.92 Å². The van der Waals surface area contributed by atoms with E-state index in [1.54, 1.807) is 0 Å². The molecule has 0 aliphatic carbocycles. The molecule has 0 heterocycles. The largest absolute Gasteiger partial charge is 0.350 e. The van der Waals surface area contributed by atoms with Gasteiger partial charge in [0.2, 0.25) is 0 Å². The van der Waals surface area contributed by atoms with Gasteiger partial charge in [0.15, 0.2) is 0 Å². The third kappa shape index (κ3) is 4.79. The zero-order chi connectivity index (χ0) is 15.3. The van der Waals surface area contributed by atoms with Crippen molar-refractivity contribution in [2.24, 2.45) is 0 Å². The predicted molar refractivity (Wildman–Crippen MR) is 78.2 cm³/mol. The highest BCUT2D eigenvalue weighted by Crippen LogP contribution is 2.24. The molecule has 7 heteroatoms. The molecule has 6 nitrogen and oxygen atoms in total. The Labute approximate surface area is 122 Å². The quantitative estimate of drug-likeness (QED) is 0.646. The van der Waals surface area contributed by atoms with Crippen LogP contribution in [0.15, 0.2) is 18.2 Å². The second kappa shape index (κ2) is 7.21. The van der Waals surface area contributed by atoms with Crippen molar-refractivity contribution in [3.63, 3.8) is 0 Å². The minimum absolute atomic E-state index is 0.0128. The van der Waals surface area contributed by atoms with E-state index in [0.29, 0.717) is 5.56 Å². The lowest BCUT2D eigenvalue weighted by Crippen LogP contribution is -2.34. The Hall–Kier alpha value is -1.66. The summed E-state index contributed by atoms with van der Waals surface area (Å²) in [5.74, 6) is -0.284. The van der Waals surface area contributed by atoms with Crippen LogP contribution in [0.25, 0.3) is 0 Å². The molecule has 0 fully saturated rings. The molecule has 0 radical (unpaired) electrons. The van der Waals surface area contributed by atoms with Crippen molar-refractivity contribution in [3.8, 4) is 0 Å². The zero-order valence-corrected chi connectivity index (χ0v) is 12.5. The Balaban J connectivity index is 2.68. The molecule has 0 bridgehead atoms. The van der Waals surface area contributed by atoms with Crippen LogP contribution in [0.1, 0.15) is 23.7 Å². The first kappa shape index (κ1) is 16.4. The third-order valence-corrected chi connectivity index (χ3v) is 3.10. The van der Waals surface area contributed by atoms with Crippen LogP contribution in [0.3, 0.4) is 0 Å². The van der Waals surface area contributed by atoms with E-state index in [-0.39, 0.29) is 22.7 Å². The van der Waals surface area contributed by atoms with Crippen molar-refractivity contribution < 1.29 is 9.72 Å². The molecular weight excluding hydrogens is 282 g/mol. The van der Waals surface area contributed by atoms with E-state index in [0.717, 1.165) is 13.0 Å². The van der Waals surface area contributed by atoms with E-state index >= 15 is 0 Å². The highest BCUT2D eigenvalue weighted by molar-refractivity contribution is 6.33. The number of nitro groups is 1. The lowest BCUT2D eigenvalue weighted by atomic mass is 10.1. The lowest BCUT2D eigenvalue weighted by molar-refractivity contribution is -0.384. The van der Waals surface area contributed by atoms with Gasteiger partial charge in [0.25, 0.3) is 11.6 Å². The summed E-state index contributed by atoms with van der Waals surface area (Å²) in [6.45, 7) is 2.77. The first-order valence-corrected chi connectivity index (χ1v) is 6.58. The molecule has 1 rings (SSSR count). The molecule has 1 amide bonds. The van der Waals surface area contributed by atoms with Crippen LogP contribution in [0.5, 0.6) is 0 Å². The number of nitrogens with one attached hydrogen (secondary N) is 1. The van der Waals surface area contributed by atoms with Gasteiger partial charge in [-0.15, -0.1) is 0 Å².